The highest BCUT2D eigenvalue weighted by atomic mass is 16.7. The highest BCUT2D eigenvalue weighted by Crippen LogP contribution is 2.10. The van der Waals surface area contributed by atoms with Gasteiger partial charge in [0.25, 0.3) is 0 Å². The van der Waals surface area contributed by atoms with Crippen molar-refractivity contribution < 1.29 is 24.5 Å². The van der Waals surface area contributed by atoms with Crippen LogP contribution in [0.1, 0.15) is 25.7 Å². The molecule has 0 aromatic heterocycles. The van der Waals surface area contributed by atoms with Crippen molar-refractivity contribution in [2.24, 2.45) is 0 Å². The Labute approximate surface area is 89.0 Å². The number of Topliss-reactive ketones (excluding diaryl/α,β-unsaturated/α-hetero) is 1. The molecule has 0 saturated carbocycles. The maximum Gasteiger partial charge on any atom is 0.220 e. The van der Waals surface area contributed by atoms with E-state index in [1.165, 1.54) is 0 Å². The number of carbonyl (C=O) groups excluding carboxylic acids is 1. The van der Waals surface area contributed by atoms with E-state index in [0.717, 1.165) is 12.8 Å². The van der Waals surface area contributed by atoms with Gasteiger partial charge in [-0.05, 0) is 25.7 Å². The number of rotatable bonds is 5. The van der Waals surface area contributed by atoms with Gasteiger partial charge in [-0.15, -0.1) is 0 Å². The minimum atomic E-state index is -1.10. The molecular weight excluding hydrogens is 200 g/mol. The number of aliphatic hydroxyl groups excluding tert-OH is 2. The third-order valence-corrected chi connectivity index (χ3v) is 2.27. The van der Waals surface area contributed by atoms with Crippen LogP contribution in [0.15, 0.2) is 0 Å². The first-order valence-electron chi connectivity index (χ1n) is 5.31. The van der Waals surface area contributed by atoms with Crippen LogP contribution < -0.4 is 0 Å². The van der Waals surface area contributed by atoms with Crippen LogP contribution in [-0.4, -0.2) is 48.2 Å². The van der Waals surface area contributed by atoms with Crippen molar-refractivity contribution in [1.82, 2.24) is 0 Å². The van der Waals surface area contributed by atoms with Gasteiger partial charge in [-0.1, -0.05) is 0 Å². The number of ketones is 1. The van der Waals surface area contributed by atoms with Crippen molar-refractivity contribution in [1.29, 1.82) is 0 Å². The fourth-order valence-electron chi connectivity index (χ4n) is 1.38. The van der Waals surface area contributed by atoms with Crippen LogP contribution in [0.5, 0.6) is 0 Å². The van der Waals surface area contributed by atoms with E-state index in [9.17, 15) is 9.90 Å². The second-order valence-electron chi connectivity index (χ2n) is 3.56. The van der Waals surface area contributed by atoms with Crippen LogP contribution in [0, 0.1) is 0 Å². The second kappa shape index (κ2) is 6.90. The van der Waals surface area contributed by atoms with Crippen molar-refractivity contribution in [3.05, 3.63) is 0 Å². The van der Waals surface area contributed by atoms with Gasteiger partial charge in [-0.25, -0.2) is 0 Å². The zero-order chi connectivity index (χ0) is 11.1. The molecule has 0 bridgehead atoms. The van der Waals surface area contributed by atoms with Gasteiger partial charge in [0.15, 0.2) is 0 Å². The summed E-state index contributed by atoms with van der Waals surface area (Å²) in [5, 5.41) is 18.0. The average molecular weight is 218 g/mol. The van der Waals surface area contributed by atoms with Gasteiger partial charge in [0.2, 0.25) is 12.1 Å². The smallest absolute Gasteiger partial charge is 0.220 e. The Bertz CT molecular complexity index is 186. The molecule has 0 amide bonds. The number of ether oxygens (including phenoxy) is 2. The molecular formula is C10H18O5. The number of hydrogen-bond acceptors (Lipinski definition) is 5. The lowest BCUT2D eigenvalue weighted by molar-refractivity contribution is -0.172. The largest absolute Gasteiger partial charge is 0.396 e. The summed E-state index contributed by atoms with van der Waals surface area (Å²) in [6.07, 6.45) is 0.368. The summed E-state index contributed by atoms with van der Waals surface area (Å²) >= 11 is 0. The Kier molecular flexibility index (Phi) is 5.78. The van der Waals surface area contributed by atoms with Gasteiger partial charge in [-0.2, -0.15) is 0 Å². The summed E-state index contributed by atoms with van der Waals surface area (Å²) in [6.45, 7) is 0.947. The number of hydrogen-bond donors (Lipinski definition) is 2. The number of aliphatic hydroxyl groups is 2. The molecule has 1 aliphatic heterocycles. The van der Waals surface area contributed by atoms with Crippen LogP contribution in [0.2, 0.25) is 0 Å². The van der Waals surface area contributed by atoms with Crippen LogP contribution in [0.4, 0.5) is 0 Å². The second-order valence-corrected chi connectivity index (χ2v) is 3.56. The summed E-state index contributed by atoms with van der Waals surface area (Å²) in [5.41, 5.74) is 0. The quantitative estimate of drug-likeness (QED) is 0.670. The van der Waals surface area contributed by atoms with Gasteiger partial charge >= 0.3 is 0 Å². The molecule has 0 aromatic rings. The lowest BCUT2D eigenvalue weighted by Gasteiger charge is -2.17. The summed E-state index contributed by atoms with van der Waals surface area (Å²) in [7, 11) is 0. The van der Waals surface area contributed by atoms with Crippen molar-refractivity contribution in [3.8, 4) is 0 Å². The summed E-state index contributed by atoms with van der Waals surface area (Å²) in [5.74, 6) is -0.439. The first-order chi connectivity index (χ1) is 7.25. The SMILES string of the molecule is O=C(C(O)CCCO)C1OCCCCO1. The Morgan fingerprint density at radius 2 is 1.93 bits per heavy atom. The lowest BCUT2D eigenvalue weighted by Crippen LogP contribution is -2.36. The predicted octanol–water partition coefficient (Wildman–Crippen LogP) is -0.158. The van der Waals surface area contributed by atoms with Gasteiger partial charge in [0.1, 0.15) is 6.10 Å². The maximum absolute atomic E-state index is 11.6. The van der Waals surface area contributed by atoms with Crippen LogP contribution >= 0.6 is 0 Å². The third kappa shape index (κ3) is 4.25. The molecule has 1 heterocycles. The first-order valence-corrected chi connectivity index (χ1v) is 5.31. The fraction of sp³-hybridized carbons (Fsp3) is 0.900. The highest BCUT2D eigenvalue weighted by molar-refractivity contribution is 5.85. The zero-order valence-corrected chi connectivity index (χ0v) is 8.72. The molecule has 88 valence electrons. The van der Waals surface area contributed by atoms with E-state index in [-0.39, 0.29) is 13.0 Å². The maximum atomic E-state index is 11.6. The Hall–Kier alpha value is -0.490. The van der Waals surface area contributed by atoms with E-state index >= 15 is 0 Å². The minimum absolute atomic E-state index is 0.0310. The molecule has 1 saturated heterocycles. The summed E-state index contributed by atoms with van der Waals surface area (Å²) in [6, 6.07) is 0. The predicted molar refractivity (Wildman–Crippen MR) is 52.3 cm³/mol. The Morgan fingerprint density at radius 1 is 1.33 bits per heavy atom. The molecule has 0 aliphatic carbocycles. The minimum Gasteiger partial charge on any atom is -0.396 e. The third-order valence-electron chi connectivity index (χ3n) is 2.27. The van der Waals surface area contributed by atoms with Crippen molar-refractivity contribution in [3.63, 3.8) is 0 Å². The van der Waals surface area contributed by atoms with Gasteiger partial charge in [-0.3, -0.25) is 4.79 Å². The molecule has 5 heteroatoms. The van der Waals surface area contributed by atoms with Gasteiger partial charge in [0, 0.05) is 6.61 Å². The zero-order valence-electron chi connectivity index (χ0n) is 8.72. The molecule has 0 spiro atoms. The Balaban J connectivity index is 2.35. The summed E-state index contributed by atoms with van der Waals surface area (Å²) in [4.78, 5) is 11.6. The number of carbonyl (C=O) groups is 1. The van der Waals surface area contributed by atoms with E-state index in [1.54, 1.807) is 0 Å². The van der Waals surface area contributed by atoms with Crippen LogP contribution in [0.3, 0.4) is 0 Å². The van der Waals surface area contributed by atoms with E-state index in [4.69, 9.17) is 14.6 Å². The van der Waals surface area contributed by atoms with Crippen molar-refractivity contribution in [2.45, 2.75) is 38.1 Å². The van der Waals surface area contributed by atoms with Crippen LogP contribution in [0.25, 0.3) is 0 Å². The first kappa shape index (κ1) is 12.6. The standard InChI is InChI=1S/C10H18O5/c11-5-3-4-8(12)9(13)10-14-6-1-2-7-15-10/h8,10-12H,1-7H2. The van der Waals surface area contributed by atoms with Crippen LogP contribution in [-0.2, 0) is 14.3 Å². The van der Waals surface area contributed by atoms with Crippen molar-refractivity contribution in [2.75, 3.05) is 19.8 Å². The lowest BCUT2D eigenvalue weighted by atomic mass is 10.1. The normalized spacial score (nSPS) is 20.9. The molecule has 1 fully saturated rings. The van der Waals surface area contributed by atoms with Gasteiger partial charge < -0.3 is 19.7 Å². The monoisotopic (exact) mass is 218 g/mol. The topological polar surface area (TPSA) is 76.0 Å². The molecule has 15 heavy (non-hydrogen) atoms. The molecule has 5 nitrogen and oxygen atoms in total. The summed E-state index contributed by atoms with van der Waals surface area (Å²) < 4.78 is 10.3. The molecule has 0 aromatic carbocycles. The highest BCUT2D eigenvalue weighted by Gasteiger charge is 2.27. The van der Waals surface area contributed by atoms with Crippen molar-refractivity contribution >= 4 is 5.78 Å². The Morgan fingerprint density at radius 3 is 2.47 bits per heavy atom. The molecule has 1 atom stereocenters. The van der Waals surface area contributed by atoms with E-state index in [2.05, 4.69) is 0 Å². The molecule has 1 unspecified atom stereocenters. The molecule has 2 N–H and O–H groups in total. The molecule has 0 radical (unpaired) electrons. The van der Waals surface area contributed by atoms with E-state index in [0.29, 0.717) is 19.6 Å². The van der Waals surface area contributed by atoms with E-state index < -0.39 is 18.2 Å². The fourth-order valence-corrected chi connectivity index (χ4v) is 1.38. The van der Waals surface area contributed by atoms with E-state index in [1.807, 2.05) is 0 Å². The van der Waals surface area contributed by atoms with Gasteiger partial charge in [0.05, 0.1) is 13.2 Å². The molecule has 1 aliphatic rings. The average Bonchev–Trinajstić information content (AvgIpc) is 2.53. The molecule has 1 rings (SSSR count).